The molecule has 0 spiro atoms. The molecule has 4 N–H and O–H groups in total. The van der Waals surface area contributed by atoms with Gasteiger partial charge in [0.05, 0.1) is 11.1 Å². The molecular formula is C12H10N2O2S. The van der Waals surface area contributed by atoms with E-state index in [1.165, 1.54) is 11.3 Å². The minimum atomic E-state index is -0.519. The van der Waals surface area contributed by atoms with Crippen LogP contribution in [0.25, 0.3) is 10.1 Å². The summed E-state index contributed by atoms with van der Waals surface area (Å²) in [5, 5.41) is 13.9. The number of phenolic OH excluding ortho intramolecular Hbond substituents is 1. The molecule has 0 saturated carbocycles. The van der Waals surface area contributed by atoms with E-state index in [9.17, 15) is 9.90 Å². The number of benzene rings is 1. The zero-order valence-electron chi connectivity index (χ0n) is 9.07. The van der Waals surface area contributed by atoms with E-state index in [4.69, 9.17) is 12.2 Å². The average Bonchev–Trinajstić information content (AvgIpc) is 2.65. The van der Waals surface area contributed by atoms with Gasteiger partial charge < -0.3 is 16.2 Å². The lowest BCUT2D eigenvalue weighted by Crippen LogP contribution is -2.12. The number of carbonyl (C=O) groups is 1. The summed E-state index contributed by atoms with van der Waals surface area (Å²) in [5.74, 6) is 1.87. The monoisotopic (exact) mass is 246 g/mol. The van der Waals surface area contributed by atoms with Crippen LogP contribution in [0.3, 0.4) is 0 Å². The standard InChI is InChI=1S/C12H10N2O2S/c1-3-6-4-7-9(5-8(6)15)17-12(14-2)10(7)11(13)16/h1,4-5,14-15H,2H3,(H2,13,16). The van der Waals surface area contributed by atoms with Gasteiger partial charge in [0.15, 0.2) is 0 Å². The molecular weight excluding hydrogens is 236 g/mol. The molecule has 1 amide bonds. The summed E-state index contributed by atoms with van der Waals surface area (Å²) in [7, 11) is 1.71. The van der Waals surface area contributed by atoms with Crippen molar-refractivity contribution in [1.29, 1.82) is 0 Å². The van der Waals surface area contributed by atoms with Gasteiger partial charge in [-0.05, 0) is 12.1 Å². The number of phenols is 1. The SMILES string of the molecule is C#Cc1cc2c(C(N)=O)c(NC)sc2cc1O. The molecule has 17 heavy (non-hydrogen) atoms. The van der Waals surface area contributed by atoms with Gasteiger partial charge in [0.25, 0.3) is 5.91 Å². The fraction of sp³-hybridized carbons (Fsp3) is 0.0833. The Bertz CT molecular complexity index is 653. The van der Waals surface area contributed by atoms with Crippen LogP contribution in [0.1, 0.15) is 15.9 Å². The number of hydrogen-bond acceptors (Lipinski definition) is 4. The van der Waals surface area contributed by atoms with Crippen LogP contribution in [0.5, 0.6) is 5.75 Å². The summed E-state index contributed by atoms with van der Waals surface area (Å²) in [6.45, 7) is 0. The van der Waals surface area contributed by atoms with Crippen LogP contribution in [-0.4, -0.2) is 18.1 Å². The van der Waals surface area contributed by atoms with Crippen LogP contribution in [0.2, 0.25) is 0 Å². The second kappa shape index (κ2) is 4.00. The smallest absolute Gasteiger partial charge is 0.252 e. The molecule has 0 aliphatic carbocycles. The van der Waals surface area contributed by atoms with E-state index in [0.29, 0.717) is 21.5 Å². The third-order valence-electron chi connectivity index (χ3n) is 2.44. The van der Waals surface area contributed by atoms with Crippen molar-refractivity contribution in [3.8, 4) is 18.1 Å². The number of carbonyl (C=O) groups excluding carboxylic acids is 1. The van der Waals surface area contributed by atoms with Crippen molar-refractivity contribution in [2.45, 2.75) is 0 Å². The summed E-state index contributed by atoms with van der Waals surface area (Å²) < 4.78 is 0.764. The molecule has 2 rings (SSSR count). The number of nitrogens with two attached hydrogens (primary N) is 1. The van der Waals surface area contributed by atoms with Gasteiger partial charge in [-0.25, -0.2) is 0 Å². The second-order valence-corrected chi connectivity index (χ2v) is 4.48. The Morgan fingerprint density at radius 1 is 1.59 bits per heavy atom. The normalized spacial score (nSPS) is 10.1. The molecule has 0 bridgehead atoms. The highest BCUT2D eigenvalue weighted by atomic mass is 32.1. The van der Waals surface area contributed by atoms with Crippen molar-refractivity contribution >= 4 is 32.3 Å². The minimum Gasteiger partial charge on any atom is -0.507 e. The predicted octanol–water partition coefficient (Wildman–Crippen LogP) is 1.73. The third-order valence-corrected chi connectivity index (χ3v) is 3.61. The van der Waals surface area contributed by atoms with Crippen molar-refractivity contribution < 1.29 is 9.90 Å². The van der Waals surface area contributed by atoms with Gasteiger partial charge in [0.2, 0.25) is 0 Å². The molecule has 2 aromatic rings. The Labute approximate surface area is 102 Å². The van der Waals surface area contributed by atoms with Crippen molar-refractivity contribution in [3.05, 3.63) is 23.3 Å². The number of hydrogen-bond donors (Lipinski definition) is 3. The maximum atomic E-state index is 11.4. The van der Waals surface area contributed by atoms with Crippen LogP contribution in [0.4, 0.5) is 5.00 Å². The summed E-state index contributed by atoms with van der Waals surface area (Å²) in [5.41, 5.74) is 6.10. The Hall–Kier alpha value is -2.19. The highest BCUT2D eigenvalue weighted by Crippen LogP contribution is 2.38. The molecule has 0 unspecified atom stereocenters. The predicted molar refractivity (Wildman–Crippen MR) is 69.5 cm³/mol. The molecule has 1 heterocycles. The molecule has 0 atom stereocenters. The van der Waals surface area contributed by atoms with Crippen molar-refractivity contribution in [1.82, 2.24) is 0 Å². The van der Waals surface area contributed by atoms with E-state index < -0.39 is 5.91 Å². The fourth-order valence-electron chi connectivity index (χ4n) is 1.67. The van der Waals surface area contributed by atoms with Crippen molar-refractivity contribution in [2.75, 3.05) is 12.4 Å². The van der Waals surface area contributed by atoms with Crippen LogP contribution in [0.15, 0.2) is 12.1 Å². The van der Waals surface area contributed by atoms with Crippen LogP contribution in [-0.2, 0) is 0 Å². The molecule has 0 aliphatic heterocycles. The number of rotatable bonds is 2. The molecule has 0 aliphatic rings. The van der Waals surface area contributed by atoms with E-state index in [-0.39, 0.29) is 5.75 Å². The Morgan fingerprint density at radius 2 is 2.29 bits per heavy atom. The average molecular weight is 246 g/mol. The second-order valence-electron chi connectivity index (χ2n) is 3.43. The Morgan fingerprint density at radius 3 is 2.82 bits per heavy atom. The number of amides is 1. The quantitative estimate of drug-likeness (QED) is 0.706. The maximum Gasteiger partial charge on any atom is 0.252 e. The third kappa shape index (κ3) is 1.69. The lowest BCUT2D eigenvalue weighted by molar-refractivity contribution is 0.100. The Kier molecular flexibility index (Phi) is 2.66. The molecule has 0 saturated heterocycles. The van der Waals surface area contributed by atoms with Crippen molar-refractivity contribution in [2.24, 2.45) is 5.73 Å². The molecule has 0 radical (unpaired) electrons. The Balaban J connectivity index is 2.87. The van der Waals surface area contributed by atoms with E-state index in [1.54, 1.807) is 19.2 Å². The number of thiophene rings is 1. The molecule has 1 aromatic carbocycles. The lowest BCUT2D eigenvalue weighted by atomic mass is 10.1. The topological polar surface area (TPSA) is 75.4 Å². The maximum absolute atomic E-state index is 11.4. The van der Waals surface area contributed by atoms with E-state index in [2.05, 4.69) is 11.2 Å². The number of nitrogens with one attached hydrogen (secondary N) is 1. The van der Waals surface area contributed by atoms with Gasteiger partial charge in [0.1, 0.15) is 10.8 Å². The first-order valence-corrected chi connectivity index (χ1v) is 5.63. The van der Waals surface area contributed by atoms with Crippen LogP contribution < -0.4 is 11.1 Å². The first kappa shape index (κ1) is 11.3. The highest BCUT2D eigenvalue weighted by Gasteiger charge is 2.17. The van der Waals surface area contributed by atoms with E-state index in [0.717, 1.165) is 4.70 Å². The van der Waals surface area contributed by atoms with Crippen LogP contribution >= 0.6 is 11.3 Å². The van der Waals surface area contributed by atoms with Crippen molar-refractivity contribution in [3.63, 3.8) is 0 Å². The van der Waals surface area contributed by atoms with E-state index >= 15 is 0 Å². The molecule has 1 aromatic heterocycles. The first-order valence-electron chi connectivity index (χ1n) is 4.82. The van der Waals surface area contributed by atoms with Gasteiger partial charge in [-0.3, -0.25) is 4.79 Å². The zero-order chi connectivity index (χ0) is 12.6. The highest BCUT2D eigenvalue weighted by molar-refractivity contribution is 7.23. The van der Waals surface area contributed by atoms with Gasteiger partial charge >= 0.3 is 0 Å². The first-order chi connectivity index (χ1) is 8.08. The molecule has 4 nitrogen and oxygen atoms in total. The zero-order valence-corrected chi connectivity index (χ0v) is 9.89. The van der Waals surface area contributed by atoms with Crippen LogP contribution in [0, 0.1) is 12.3 Å². The molecule has 86 valence electrons. The molecule has 5 heteroatoms. The fourth-order valence-corrected chi connectivity index (χ4v) is 2.74. The summed E-state index contributed by atoms with van der Waals surface area (Å²) in [4.78, 5) is 11.4. The summed E-state index contributed by atoms with van der Waals surface area (Å²) >= 11 is 1.35. The van der Waals surface area contributed by atoms with Gasteiger partial charge in [-0.1, -0.05) is 5.92 Å². The number of fused-ring (bicyclic) bond motifs is 1. The number of primary amides is 1. The lowest BCUT2D eigenvalue weighted by Gasteiger charge is -2.00. The van der Waals surface area contributed by atoms with E-state index in [1.807, 2.05) is 0 Å². The largest absolute Gasteiger partial charge is 0.507 e. The minimum absolute atomic E-state index is 0.0277. The van der Waals surface area contributed by atoms with Gasteiger partial charge in [0, 0.05) is 17.1 Å². The summed E-state index contributed by atoms with van der Waals surface area (Å²) in [6.07, 6.45) is 5.27. The number of terminal acetylenes is 1. The molecule has 0 fully saturated rings. The number of aromatic hydroxyl groups is 1. The number of anilines is 1. The van der Waals surface area contributed by atoms with Gasteiger partial charge in [-0.2, -0.15) is 0 Å². The summed E-state index contributed by atoms with van der Waals surface area (Å²) in [6, 6.07) is 3.14. The van der Waals surface area contributed by atoms with Gasteiger partial charge in [-0.15, -0.1) is 17.8 Å².